The molecule has 0 aliphatic rings. The van der Waals surface area contributed by atoms with Gasteiger partial charge in [-0.3, -0.25) is 0 Å². The summed E-state index contributed by atoms with van der Waals surface area (Å²) in [4.78, 5) is 1.86. The van der Waals surface area contributed by atoms with Crippen LogP contribution in [0, 0.1) is 0 Å². The summed E-state index contributed by atoms with van der Waals surface area (Å²) in [6.45, 7) is 8.60. The number of nitrogens with zero attached hydrogens (tertiary/aromatic N) is 4. The highest BCUT2D eigenvalue weighted by atomic mass is 28.3. The third-order valence-corrected chi connectivity index (χ3v) is 4.53. The molecule has 6 heteroatoms. The van der Waals surface area contributed by atoms with Gasteiger partial charge in [0.2, 0.25) is 0 Å². The summed E-state index contributed by atoms with van der Waals surface area (Å²) in [5.74, 6) is 0. The van der Waals surface area contributed by atoms with E-state index in [0.29, 0.717) is 0 Å². The highest BCUT2D eigenvalue weighted by molar-refractivity contribution is 6.35. The van der Waals surface area contributed by atoms with E-state index in [1.54, 1.807) is 0 Å². The number of rotatable bonds is 7. The molecule has 0 rings (SSSR count). The van der Waals surface area contributed by atoms with E-state index >= 15 is 0 Å². The first-order chi connectivity index (χ1) is 6.99. The molecular formula is C9H24N4OSi. The van der Waals surface area contributed by atoms with Crippen LogP contribution in [0.25, 0.3) is 0 Å². The van der Waals surface area contributed by atoms with Crippen LogP contribution in [-0.4, -0.2) is 69.2 Å². The van der Waals surface area contributed by atoms with Crippen LogP contribution in [0.1, 0.15) is 20.8 Å². The third kappa shape index (κ3) is 3.88. The fourth-order valence-corrected chi connectivity index (χ4v) is 2.55. The Morgan fingerprint density at radius 1 is 0.867 bits per heavy atom. The standard InChI is InChI=1S/C9H24N4OSi/c1-7-10(4)13(11(5)8-2)15(14)12(6)9-3/h7-9H2,1-6H3. The molecule has 0 aliphatic heterocycles. The minimum absolute atomic E-state index is 0.795. The van der Waals surface area contributed by atoms with Gasteiger partial charge in [-0.15, -0.1) is 0 Å². The van der Waals surface area contributed by atoms with Crippen molar-refractivity contribution >= 4 is 9.01 Å². The Labute approximate surface area is 95.0 Å². The minimum atomic E-state index is -1.91. The Morgan fingerprint density at radius 3 is 1.53 bits per heavy atom. The quantitative estimate of drug-likeness (QED) is 0.468. The molecule has 0 saturated carbocycles. The molecule has 0 aromatic carbocycles. The zero-order valence-corrected chi connectivity index (χ0v) is 11.8. The average molecular weight is 232 g/mol. The van der Waals surface area contributed by atoms with E-state index in [1.165, 1.54) is 0 Å². The summed E-state index contributed by atoms with van der Waals surface area (Å²) in [5.41, 5.74) is 0. The summed E-state index contributed by atoms with van der Waals surface area (Å²) in [6.07, 6.45) is 0. The van der Waals surface area contributed by atoms with Gasteiger partial charge in [-0.25, -0.2) is 14.8 Å². The Hall–Kier alpha value is -0.463. The van der Waals surface area contributed by atoms with Crippen molar-refractivity contribution in [3.05, 3.63) is 0 Å². The molecule has 0 heterocycles. The smallest absolute Gasteiger partial charge is 0.362 e. The van der Waals surface area contributed by atoms with Crippen molar-refractivity contribution in [1.82, 2.24) is 19.4 Å². The second kappa shape index (κ2) is 6.92. The second-order valence-electron chi connectivity index (χ2n) is 3.53. The normalized spacial score (nSPS) is 10.9. The van der Waals surface area contributed by atoms with Gasteiger partial charge in [0.1, 0.15) is 0 Å². The first kappa shape index (κ1) is 14.5. The van der Waals surface area contributed by atoms with E-state index in [2.05, 4.69) is 13.8 Å². The van der Waals surface area contributed by atoms with Crippen molar-refractivity contribution < 1.29 is 4.46 Å². The fraction of sp³-hybridized carbons (Fsp3) is 1.00. The van der Waals surface area contributed by atoms with Gasteiger partial charge in [-0.05, 0) is 6.92 Å². The molecule has 0 saturated heterocycles. The molecule has 15 heavy (non-hydrogen) atoms. The van der Waals surface area contributed by atoms with Crippen LogP contribution in [0.4, 0.5) is 0 Å². The molecule has 0 spiro atoms. The number of hydrogen-bond acceptors (Lipinski definition) is 3. The average Bonchev–Trinajstić information content (AvgIpc) is 2.27. The van der Waals surface area contributed by atoms with Gasteiger partial charge in [0, 0.05) is 40.8 Å². The van der Waals surface area contributed by atoms with Crippen LogP contribution in [0.3, 0.4) is 0 Å². The molecule has 0 fully saturated rings. The van der Waals surface area contributed by atoms with Crippen LogP contribution >= 0.6 is 0 Å². The van der Waals surface area contributed by atoms with Crippen LogP contribution in [0.5, 0.6) is 0 Å². The van der Waals surface area contributed by atoms with Gasteiger partial charge in [-0.2, -0.15) is 0 Å². The lowest BCUT2D eigenvalue weighted by Gasteiger charge is -2.38. The summed E-state index contributed by atoms with van der Waals surface area (Å²) in [5, 5.41) is 3.97. The van der Waals surface area contributed by atoms with Gasteiger partial charge in [0.05, 0.1) is 0 Å². The Kier molecular flexibility index (Phi) is 6.70. The van der Waals surface area contributed by atoms with Crippen LogP contribution < -0.4 is 0 Å². The van der Waals surface area contributed by atoms with Crippen LogP contribution in [0.15, 0.2) is 0 Å². The summed E-state index contributed by atoms with van der Waals surface area (Å²) in [6, 6.07) is 0. The van der Waals surface area contributed by atoms with Gasteiger partial charge in [0.15, 0.2) is 0 Å². The highest BCUT2D eigenvalue weighted by Crippen LogP contribution is 2.01. The molecular weight excluding hydrogens is 208 g/mol. The topological polar surface area (TPSA) is 30.0 Å². The van der Waals surface area contributed by atoms with E-state index < -0.39 is 9.01 Å². The molecule has 0 aliphatic carbocycles. The lowest BCUT2D eigenvalue weighted by Crippen LogP contribution is -2.59. The highest BCUT2D eigenvalue weighted by Gasteiger charge is 2.26. The Balaban J connectivity index is 4.69. The molecule has 0 atom stereocenters. The van der Waals surface area contributed by atoms with E-state index in [-0.39, 0.29) is 0 Å². The van der Waals surface area contributed by atoms with Gasteiger partial charge < -0.3 is 9.03 Å². The largest absolute Gasteiger partial charge is 0.552 e. The van der Waals surface area contributed by atoms with Crippen molar-refractivity contribution in [3.63, 3.8) is 0 Å². The maximum absolute atomic E-state index is 12.2. The van der Waals surface area contributed by atoms with E-state index in [1.807, 2.05) is 47.4 Å². The molecule has 0 bridgehead atoms. The lowest BCUT2D eigenvalue weighted by molar-refractivity contribution is -0.0921. The molecule has 90 valence electrons. The third-order valence-electron chi connectivity index (χ3n) is 2.53. The van der Waals surface area contributed by atoms with Crippen molar-refractivity contribution in [2.45, 2.75) is 20.8 Å². The van der Waals surface area contributed by atoms with Crippen molar-refractivity contribution in [2.75, 3.05) is 40.8 Å². The molecule has 0 unspecified atom stereocenters. The predicted molar refractivity (Wildman–Crippen MR) is 63.2 cm³/mol. The van der Waals surface area contributed by atoms with Crippen LogP contribution in [-0.2, 0) is 4.46 Å². The van der Waals surface area contributed by atoms with E-state index in [4.69, 9.17) is 0 Å². The Bertz CT molecular complexity index is 193. The SMILES string of the molecule is CCN(C)N(N(C)CC)[Si](=O)N(C)CC. The van der Waals surface area contributed by atoms with Crippen molar-refractivity contribution in [1.29, 1.82) is 0 Å². The van der Waals surface area contributed by atoms with Gasteiger partial charge in [0.25, 0.3) is 0 Å². The first-order valence-corrected chi connectivity index (χ1v) is 6.77. The van der Waals surface area contributed by atoms with Gasteiger partial charge in [-0.1, -0.05) is 13.8 Å². The van der Waals surface area contributed by atoms with E-state index in [9.17, 15) is 4.46 Å². The maximum atomic E-state index is 12.2. The number of hydrogen-bond donors (Lipinski definition) is 0. The summed E-state index contributed by atoms with van der Waals surface area (Å²) >= 11 is 0. The molecule has 0 amide bonds. The molecule has 0 radical (unpaired) electrons. The first-order valence-electron chi connectivity index (χ1n) is 5.46. The molecule has 0 aromatic heterocycles. The molecule has 0 N–H and O–H groups in total. The molecule has 0 aromatic rings. The predicted octanol–water partition coefficient (Wildman–Crippen LogP) is 0.389. The van der Waals surface area contributed by atoms with Crippen LogP contribution in [0.2, 0.25) is 0 Å². The zero-order valence-electron chi connectivity index (χ0n) is 10.8. The summed E-state index contributed by atoms with van der Waals surface area (Å²) in [7, 11) is 3.89. The monoisotopic (exact) mass is 232 g/mol. The lowest BCUT2D eigenvalue weighted by atomic mass is 10.7. The van der Waals surface area contributed by atoms with Gasteiger partial charge >= 0.3 is 9.01 Å². The van der Waals surface area contributed by atoms with Crippen molar-refractivity contribution in [2.24, 2.45) is 0 Å². The minimum Gasteiger partial charge on any atom is -0.362 e. The fourth-order valence-electron chi connectivity index (χ4n) is 1.11. The van der Waals surface area contributed by atoms with Crippen molar-refractivity contribution in [3.8, 4) is 0 Å². The maximum Gasteiger partial charge on any atom is 0.552 e. The summed E-state index contributed by atoms with van der Waals surface area (Å²) < 4.78 is 14.1. The van der Waals surface area contributed by atoms with E-state index in [0.717, 1.165) is 19.6 Å². The second-order valence-corrected chi connectivity index (χ2v) is 5.26. The number of hydrazine groups is 2. The Morgan fingerprint density at radius 2 is 1.27 bits per heavy atom. The zero-order chi connectivity index (χ0) is 12.0. The molecule has 5 nitrogen and oxygen atoms in total.